The van der Waals surface area contributed by atoms with Gasteiger partial charge in [-0.3, -0.25) is 0 Å². The second-order valence-corrected chi connectivity index (χ2v) is 6.63. The number of piperidine rings is 1. The van der Waals surface area contributed by atoms with Gasteiger partial charge >= 0.3 is 0 Å². The van der Waals surface area contributed by atoms with Gasteiger partial charge in [-0.2, -0.15) is 0 Å². The molecule has 2 saturated carbocycles. The van der Waals surface area contributed by atoms with Crippen LogP contribution in [0.25, 0.3) is 0 Å². The number of hydrogen-bond acceptors (Lipinski definition) is 2. The zero-order valence-corrected chi connectivity index (χ0v) is 11.4. The van der Waals surface area contributed by atoms with Gasteiger partial charge in [0.2, 0.25) is 0 Å². The average Bonchev–Trinajstić information content (AvgIpc) is 3.11. The maximum absolute atomic E-state index is 4.76. The van der Waals surface area contributed by atoms with E-state index in [1.54, 1.807) is 0 Å². The van der Waals surface area contributed by atoms with Gasteiger partial charge in [0, 0.05) is 18.7 Å². The Labute approximate surface area is 109 Å². The fraction of sp³-hybridized carbons (Fsp3) is 0.750. The van der Waals surface area contributed by atoms with Gasteiger partial charge in [0.1, 0.15) is 9.53 Å². The molecular formula is C12H16IN3. The van der Waals surface area contributed by atoms with Crippen molar-refractivity contribution in [3.63, 3.8) is 0 Å². The summed E-state index contributed by atoms with van der Waals surface area (Å²) in [5.74, 6) is 4.86. The standard InChI is InChI=1S/C12H16IN3/c13-10-6-16(5-7-1-2-7)12(15-10)11-8-3-14-4-9(8)11/h6-9,11,14H,1-5H2/t8-,9+,11?. The molecule has 3 atom stereocenters. The predicted molar refractivity (Wildman–Crippen MR) is 70.3 cm³/mol. The van der Waals surface area contributed by atoms with Gasteiger partial charge in [0.05, 0.1) is 0 Å². The van der Waals surface area contributed by atoms with Crippen LogP contribution in [0.3, 0.4) is 0 Å². The SMILES string of the molecule is Ic1cn(CC2CC2)c(C2[C@H]3CNC[C@@H]23)n1. The Morgan fingerprint density at radius 1 is 1.38 bits per heavy atom. The maximum atomic E-state index is 4.76. The Bertz CT molecular complexity index is 414. The zero-order chi connectivity index (χ0) is 10.7. The summed E-state index contributed by atoms with van der Waals surface area (Å²) in [5, 5.41) is 3.46. The summed E-state index contributed by atoms with van der Waals surface area (Å²) < 4.78 is 3.62. The van der Waals surface area contributed by atoms with Crippen molar-refractivity contribution in [2.24, 2.45) is 17.8 Å². The molecule has 0 amide bonds. The summed E-state index contributed by atoms with van der Waals surface area (Å²) in [4.78, 5) is 4.76. The number of nitrogens with zero attached hydrogens (tertiary/aromatic N) is 2. The molecular weight excluding hydrogens is 313 g/mol. The molecule has 1 aromatic rings. The fourth-order valence-corrected chi connectivity index (χ4v) is 3.77. The van der Waals surface area contributed by atoms with Crippen molar-refractivity contribution in [3.8, 4) is 0 Å². The van der Waals surface area contributed by atoms with Crippen molar-refractivity contribution in [2.75, 3.05) is 13.1 Å². The smallest absolute Gasteiger partial charge is 0.119 e. The summed E-state index contributed by atoms with van der Waals surface area (Å²) in [5.41, 5.74) is 0. The van der Waals surface area contributed by atoms with Crippen LogP contribution in [-0.2, 0) is 6.54 Å². The molecule has 1 aliphatic heterocycles. The van der Waals surface area contributed by atoms with Crippen molar-refractivity contribution >= 4 is 22.6 Å². The molecule has 3 nitrogen and oxygen atoms in total. The van der Waals surface area contributed by atoms with Crippen molar-refractivity contribution in [3.05, 3.63) is 15.7 Å². The van der Waals surface area contributed by atoms with E-state index in [2.05, 4.69) is 38.7 Å². The molecule has 0 bridgehead atoms. The van der Waals surface area contributed by atoms with Gasteiger partial charge in [-0.05, 0) is 66.3 Å². The molecule has 4 heteroatoms. The highest BCUT2D eigenvalue weighted by Gasteiger charge is 2.55. The van der Waals surface area contributed by atoms with Crippen LogP contribution in [0.1, 0.15) is 24.6 Å². The van der Waals surface area contributed by atoms with E-state index in [1.807, 2.05) is 0 Å². The molecule has 0 spiro atoms. The zero-order valence-electron chi connectivity index (χ0n) is 9.19. The number of nitrogens with one attached hydrogen (secondary N) is 1. The molecule has 86 valence electrons. The first-order valence-corrected chi connectivity index (χ1v) is 7.34. The highest BCUT2D eigenvalue weighted by atomic mass is 127. The van der Waals surface area contributed by atoms with E-state index in [0.29, 0.717) is 0 Å². The van der Waals surface area contributed by atoms with Crippen LogP contribution in [0.15, 0.2) is 6.20 Å². The second-order valence-electron chi connectivity index (χ2n) is 5.53. The third-order valence-corrected chi connectivity index (χ3v) is 4.84. The lowest BCUT2D eigenvalue weighted by Crippen LogP contribution is -2.16. The van der Waals surface area contributed by atoms with Gasteiger partial charge in [-0.25, -0.2) is 4.98 Å². The van der Waals surface area contributed by atoms with E-state index < -0.39 is 0 Å². The van der Waals surface area contributed by atoms with Crippen LogP contribution in [0.4, 0.5) is 0 Å². The minimum absolute atomic E-state index is 0.767. The molecule has 0 aromatic carbocycles. The first kappa shape index (κ1) is 9.88. The van der Waals surface area contributed by atoms with Crippen LogP contribution < -0.4 is 5.32 Å². The molecule has 3 aliphatic rings. The van der Waals surface area contributed by atoms with E-state index in [1.165, 1.54) is 42.0 Å². The largest absolute Gasteiger partial charge is 0.333 e. The Morgan fingerprint density at radius 2 is 2.12 bits per heavy atom. The highest BCUT2D eigenvalue weighted by molar-refractivity contribution is 14.1. The number of imidazole rings is 1. The first-order valence-electron chi connectivity index (χ1n) is 6.26. The number of aromatic nitrogens is 2. The molecule has 3 fully saturated rings. The number of rotatable bonds is 3. The lowest BCUT2D eigenvalue weighted by molar-refractivity contribution is 0.568. The number of fused-ring (bicyclic) bond motifs is 1. The third kappa shape index (κ3) is 1.53. The van der Waals surface area contributed by atoms with Crippen LogP contribution in [0.2, 0.25) is 0 Å². The molecule has 1 unspecified atom stereocenters. The molecule has 16 heavy (non-hydrogen) atoms. The fourth-order valence-electron chi connectivity index (χ4n) is 3.19. The molecule has 1 N–H and O–H groups in total. The third-order valence-electron chi connectivity index (χ3n) is 4.32. The summed E-state index contributed by atoms with van der Waals surface area (Å²) in [6.45, 7) is 3.64. The minimum atomic E-state index is 0.767. The van der Waals surface area contributed by atoms with Gasteiger partial charge < -0.3 is 9.88 Å². The molecule has 1 saturated heterocycles. The van der Waals surface area contributed by atoms with E-state index in [-0.39, 0.29) is 0 Å². The predicted octanol–water partition coefficient (Wildman–Crippen LogP) is 1.83. The summed E-state index contributed by atoms with van der Waals surface area (Å²) >= 11 is 2.35. The van der Waals surface area contributed by atoms with Crippen LogP contribution in [0.5, 0.6) is 0 Å². The van der Waals surface area contributed by atoms with Crippen molar-refractivity contribution in [1.82, 2.24) is 14.9 Å². The van der Waals surface area contributed by atoms with Crippen molar-refractivity contribution < 1.29 is 0 Å². The Kier molecular flexibility index (Phi) is 2.13. The van der Waals surface area contributed by atoms with Crippen LogP contribution in [-0.4, -0.2) is 22.6 Å². The molecule has 2 aliphatic carbocycles. The quantitative estimate of drug-likeness (QED) is 0.858. The van der Waals surface area contributed by atoms with Gasteiger partial charge in [-0.15, -0.1) is 0 Å². The Hall–Kier alpha value is -0.100. The lowest BCUT2D eigenvalue weighted by Gasteiger charge is -2.08. The Balaban J connectivity index is 1.61. The van der Waals surface area contributed by atoms with Crippen LogP contribution >= 0.6 is 22.6 Å². The molecule has 1 aromatic heterocycles. The van der Waals surface area contributed by atoms with E-state index in [4.69, 9.17) is 4.98 Å². The van der Waals surface area contributed by atoms with Crippen molar-refractivity contribution in [1.29, 1.82) is 0 Å². The number of hydrogen-bond donors (Lipinski definition) is 1. The lowest BCUT2D eigenvalue weighted by atomic mass is 10.2. The normalized spacial score (nSPS) is 36.4. The summed E-state index contributed by atoms with van der Waals surface area (Å²) in [7, 11) is 0. The van der Waals surface area contributed by atoms with Crippen molar-refractivity contribution in [2.45, 2.75) is 25.3 Å². The molecule has 4 rings (SSSR count). The van der Waals surface area contributed by atoms with E-state index >= 15 is 0 Å². The minimum Gasteiger partial charge on any atom is -0.333 e. The molecule has 0 radical (unpaired) electrons. The van der Waals surface area contributed by atoms with Gasteiger partial charge in [0.15, 0.2) is 0 Å². The van der Waals surface area contributed by atoms with Gasteiger partial charge in [-0.1, -0.05) is 0 Å². The van der Waals surface area contributed by atoms with Crippen LogP contribution in [0, 0.1) is 21.5 Å². The van der Waals surface area contributed by atoms with Gasteiger partial charge in [0.25, 0.3) is 0 Å². The second kappa shape index (κ2) is 3.45. The van der Waals surface area contributed by atoms with E-state index in [0.717, 1.165) is 23.7 Å². The molecule has 2 heterocycles. The average molecular weight is 329 g/mol. The first-order chi connectivity index (χ1) is 7.83. The number of halogens is 1. The Morgan fingerprint density at radius 3 is 2.81 bits per heavy atom. The summed E-state index contributed by atoms with van der Waals surface area (Å²) in [6, 6.07) is 0. The monoisotopic (exact) mass is 329 g/mol. The van der Waals surface area contributed by atoms with E-state index in [9.17, 15) is 0 Å². The highest BCUT2D eigenvalue weighted by Crippen LogP contribution is 2.55. The topological polar surface area (TPSA) is 29.9 Å². The maximum Gasteiger partial charge on any atom is 0.119 e. The summed E-state index contributed by atoms with van der Waals surface area (Å²) in [6.07, 6.45) is 5.09.